The highest BCUT2D eigenvalue weighted by Gasteiger charge is 2.42. The SMILES string of the molecule is CC(NC(=O)c1ccc2c(c1)S(=O)(=O)N(C(C)C)C2=O)c1ccc2ccccc2c1. The van der Waals surface area contributed by atoms with Gasteiger partial charge in [-0.25, -0.2) is 12.7 Å². The fraction of sp³-hybridized carbons (Fsp3) is 0.217. The van der Waals surface area contributed by atoms with Crippen molar-refractivity contribution in [3.8, 4) is 0 Å². The Morgan fingerprint density at radius 3 is 2.33 bits per heavy atom. The van der Waals surface area contributed by atoms with E-state index in [1.807, 2.05) is 49.4 Å². The second-order valence-corrected chi connectivity index (χ2v) is 9.50. The molecule has 0 fully saturated rings. The van der Waals surface area contributed by atoms with E-state index in [4.69, 9.17) is 0 Å². The molecule has 4 rings (SSSR count). The Morgan fingerprint density at radius 2 is 1.63 bits per heavy atom. The van der Waals surface area contributed by atoms with Gasteiger partial charge in [0.05, 0.1) is 11.6 Å². The van der Waals surface area contributed by atoms with Crippen molar-refractivity contribution in [1.29, 1.82) is 0 Å². The van der Waals surface area contributed by atoms with Crippen LogP contribution in [0, 0.1) is 0 Å². The van der Waals surface area contributed by atoms with Crippen LogP contribution in [-0.4, -0.2) is 30.6 Å². The number of fused-ring (bicyclic) bond motifs is 2. The fourth-order valence-corrected chi connectivity index (χ4v) is 5.53. The van der Waals surface area contributed by atoms with Crippen LogP contribution in [0.25, 0.3) is 10.8 Å². The maximum Gasteiger partial charge on any atom is 0.269 e. The Balaban J connectivity index is 1.60. The van der Waals surface area contributed by atoms with Gasteiger partial charge in [-0.3, -0.25) is 9.59 Å². The summed E-state index contributed by atoms with van der Waals surface area (Å²) in [6.45, 7) is 5.15. The Hall–Kier alpha value is -3.19. The molecule has 0 saturated heterocycles. The smallest absolute Gasteiger partial charge is 0.269 e. The quantitative estimate of drug-likeness (QED) is 0.692. The lowest BCUT2D eigenvalue weighted by atomic mass is 10.0. The van der Waals surface area contributed by atoms with Crippen molar-refractivity contribution in [2.45, 2.75) is 37.8 Å². The van der Waals surface area contributed by atoms with Gasteiger partial charge >= 0.3 is 0 Å². The van der Waals surface area contributed by atoms with Crippen molar-refractivity contribution < 1.29 is 18.0 Å². The number of nitrogens with zero attached hydrogens (tertiary/aromatic N) is 1. The molecule has 0 aromatic heterocycles. The summed E-state index contributed by atoms with van der Waals surface area (Å²) >= 11 is 0. The third-order valence-electron chi connectivity index (χ3n) is 5.30. The zero-order chi connectivity index (χ0) is 21.6. The predicted octanol–water partition coefficient (Wildman–Crippen LogP) is 3.88. The zero-order valence-corrected chi connectivity index (χ0v) is 17.7. The third kappa shape index (κ3) is 3.25. The van der Waals surface area contributed by atoms with Gasteiger partial charge in [-0.2, -0.15) is 0 Å². The molecule has 2 amide bonds. The van der Waals surface area contributed by atoms with Crippen molar-refractivity contribution in [3.63, 3.8) is 0 Å². The molecule has 154 valence electrons. The third-order valence-corrected chi connectivity index (χ3v) is 7.30. The molecule has 7 heteroatoms. The van der Waals surface area contributed by atoms with Crippen molar-refractivity contribution in [1.82, 2.24) is 9.62 Å². The number of hydrogen-bond acceptors (Lipinski definition) is 4. The molecule has 6 nitrogen and oxygen atoms in total. The topological polar surface area (TPSA) is 83.6 Å². The van der Waals surface area contributed by atoms with E-state index >= 15 is 0 Å². The summed E-state index contributed by atoms with van der Waals surface area (Å²) in [5.74, 6) is -0.958. The van der Waals surface area contributed by atoms with Gasteiger partial charge in [0.15, 0.2) is 0 Å². The van der Waals surface area contributed by atoms with E-state index in [0.29, 0.717) is 0 Å². The standard InChI is InChI=1S/C23H22N2O4S/c1-14(2)25-23(27)20-11-10-19(13-21(20)30(25,28)29)22(26)24-15(3)17-9-8-16-6-4-5-7-18(16)12-17/h4-15H,1-3H3,(H,24,26). The molecule has 3 aromatic carbocycles. The van der Waals surface area contributed by atoms with E-state index in [1.165, 1.54) is 18.2 Å². The molecule has 1 heterocycles. The molecule has 3 aromatic rings. The van der Waals surface area contributed by atoms with Crippen LogP contribution < -0.4 is 5.32 Å². The summed E-state index contributed by atoms with van der Waals surface area (Å²) in [5.41, 5.74) is 1.24. The first-order valence-electron chi connectivity index (χ1n) is 9.72. The Kier molecular flexibility index (Phi) is 4.86. The second kappa shape index (κ2) is 7.25. The second-order valence-electron chi connectivity index (χ2n) is 7.71. The lowest BCUT2D eigenvalue weighted by molar-refractivity contribution is 0.0845. The van der Waals surface area contributed by atoms with Crippen LogP contribution in [0.15, 0.2) is 65.6 Å². The number of carbonyl (C=O) groups is 2. The molecule has 1 atom stereocenters. The van der Waals surface area contributed by atoms with Crippen molar-refractivity contribution in [3.05, 3.63) is 77.4 Å². The monoisotopic (exact) mass is 422 g/mol. The van der Waals surface area contributed by atoms with Gasteiger partial charge in [0.2, 0.25) is 0 Å². The van der Waals surface area contributed by atoms with Crippen LogP contribution in [0.1, 0.15) is 53.1 Å². The maximum atomic E-state index is 12.8. The van der Waals surface area contributed by atoms with Crippen LogP contribution in [-0.2, 0) is 10.0 Å². The number of carbonyl (C=O) groups excluding carboxylic acids is 2. The molecular weight excluding hydrogens is 400 g/mol. The summed E-state index contributed by atoms with van der Waals surface area (Å²) in [5, 5.41) is 5.10. The van der Waals surface area contributed by atoms with Gasteiger partial charge in [-0.05, 0) is 61.4 Å². The number of rotatable bonds is 4. The highest BCUT2D eigenvalue weighted by atomic mass is 32.2. The molecule has 0 saturated carbocycles. The van der Waals surface area contributed by atoms with Crippen molar-refractivity contribution in [2.75, 3.05) is 0 Å². The summed E-state index contributed by atoms with van der Waals surface area (Å²) in [4.78, 5) is 25.1. The molecule has 1 aliphatic rings. The lowest BCUT2D eigenvalue weighted by Gasteiger charge is -2.18. The summed E-state index contributed by atoms with van der Waals surface area (Å²) < 4.78 is 26.4. The minimum Gasteiger partial charge on any atom is -0.346 e. The molecule has 30 heavy (non-hydrogen) atoms. The highest BCUT2D eigenvalue weighted by molar-refractivity contribution is 7.90. The van der Waals surface area contributed by atoms with Gasteiger partial charge in [0, 0.05) is 11.6 Å². The number of benzene rings is 3. The van der Waals surface area contributed by atoms with Crippen LogP contribution in [0.3, 0.4) is 0 Å². The maximum absolute atomic E-state index is 12.8. The zero-order valence-electron chi connectivity index (χ0n) is 16.9. The first-order valence-corrected chi connectivity index (χ1v) is 11.2. The van der Waals surface area contributed by atoms with Crippen LogP contribution >= 0.6 is 0 Å². The van der Waals surface area contributed by atoms with E-state index in [9.17, 15) is 18.0 Å². The van der Waals surface area contributed by atoms with E-state index in [-0.39, 0.29) is 22.1 Å². The minimum atomic E-state index is -3.95. The highest BCUT2D eigenvalue weighted by Crippen LogP contribution is 2.32. The Bertz CT molecular complexity index is 1280. The van der Waals surface area contributed by atoms with Gasteiger partial charge in [0.1, 0.15) is 4.90 Å². The molecule has 0 spiro atoms. The lowest BCUT2D eigenvalue weighted by Crippen LogP contribution is -2.36. The first kappa shape index (κ1) is 20.1. The predicted molar refractivity (Wildman–Crippen MR) is 115 cm³/mol. The van der Waals surface area contributed by atoms with Crippen molar-refractivity contribution >= 4 is 32.6 Å². The van der Waals surface area contributed by atoms with Gasteiger partial charge < -0.3 is 5.32 Å². The van der Waals surface area contributed by atoms with E-state index < -0.39 is 27.9 Å². The number of sulfonamides is 1. The summed E-state index contributed by atoms with van der Waals surface area (Å²) in [6.07, 6.45) is 0. The van der Waals surface area contributed by atoms with E-state index in [0.717, 1.165) is 20.6 Å². The van der Waals surface area contributed by atoms with Crippen LogP contribution in [0.5, 0.6) is 0 Å². The van der Waals surface area contributed by atoms with Crippen LogP contribution in [0.4, 0.5) is 0 Å². The number of hydrogen-bond donors (Lipinski definition) is 1. The van der Waals surface area contributed by atoms with Gasteiger partial charge in [-0.15, -0.1) is 0 Å². The molecule has 0 radical (unpaired) electrons. The average Bonchev–Trinajstić information content (AvgIpc) is 2.92. The largest absolute Gasteiger partial charge is 0.346 e. The normalized spacial score (nSPS) is 16.0. The first-order chi connectivity index (χ1) is 14.2. The molecule has 1 aliphatic heterocycles. The van der Waals surface area contributed by atoms with Gasteiger partial charge in [0.25, 0.3) is 21.8 Å². The van der Waals surface area contributed by atoms with E-state index in [2.05, 4.69) is 5.32 Å². The summed E-state index contributed by atoms with van der Waals surface area (Å²) in [6, 6.07) is 17.3. The molecule has 1 unspecified atom stereocenters. The summed E-state index contributed by atoms with van der Waals surface area (Å²) in [7, 11) is -3.95. The number of nitrogens with one attached hydrogen (secondary N) is 1. The molecule has 0 bridgehead atoms. The minimum absolute atomic E-state index is 0.0998. The fourth-order valence-electron chi connectivity index (χ4n) is 3.74. The van der Waals surface area contributed by atoms with E-state index in [1.54, 1.807) is 13.8 Å². The molecular formula is C23H22N2O4S. The average molecular weight is 423 g/mol. The Labute approximate surface area is 175 Å². The number of amides is 2. The van der Waals surface area contributed by atoms with Crippen molar-refractivity contribution in [2.24, 2.45) is 0 Å². The van der Waals surface area contributed by atoms with Crippen LogP contribution in [0.2, 0.25) is 0 Å². The van der Waals surface area contributed by atoms with Gasteiger partial charge in [-0.1, -0.05) is 36.4 Å². The Morgan fingerprint density at radius 1 is 0.933 bits per heavy atom. The molecule has 1 N–H and O–H groups in total. The molecule has 0 aliphatic carbocycles.